The molecule has 96 valence electrons. The van der Waals surface area contributed by atoms with Crippen LogP contribution < -0.4 is 5.32 Å². The predicted octanol–water partition coefficient (Wildman–Crippen LogP) is 0.751. The van der Waals surface area contributed by atoms with Gasteiger partial charge in [0.25, 0.3) is 0 Å². The number of nitrogens with one attached hydrogen (secondary N) is 1. The summed E-state index contributed by atoms with van der Waals surface area (Å²) in [5.74, 6) is 0.974. The summed E-state index contributed by atoms with van der Waals surface area (Å²) < 4.78 is 11.4. The first kappa shape index (κ1) is 11.6. The van der Waals surface area contributed by atoms with E-state index in [-0.39, 0.29) is 17.4 Å². The van der Waals surface area contributed by atoms with Crippen molar-refractivity contribution in [1.82, 2.24) is 5.32 Å². The third-order valence-electron chi connectivity index (χ3n) is 4.48. The smallest absolute Gasteiger partial charge is 0.141 e. The Balaban J connectivity index is 1.64. The van der Waals surface area contributed by atoms with Gasteiger partial charge in [-0.15, -0.1) is 0 Å². The third-order valence-corrected chi connectivity index (χ3v) is 4.48. The molecule has 1 N–H and O–H groups in total. The zero-order valence-corrected chi connectivity index (χ0v) is 10.2. The number of hydrogen-bond acceptors (Lipinski definition) is 4. The third kappa shape index (κ3) is 2.26. The van der Waals surface area contributed by atoms with Gasteiger partial charge in [0.05, 0.1) is 5.60 Å². The molecule has 4 nitrogen and oxygen atoms in total. The molecule has 3 aliphatic heterocycles. The summed E-state index contributed by atoms with van der Waals surface area (Å²) in [6, 6.07) is 0. The van der Waals surface area contributed by atoms with E-state index in [1.54, 1.807) is 0 Å². The monoisotopic (exact) mass is 239 g/mol. The Hall–Kier alpha value is -0.450. The second kappa shape index (κ2) is 4.67. The molecule has 0 aliphatic carbocycles. The maximum absolute atomic E-state index is 12.3. The van der Waals surface area contributed by atoms with Crippen LogP contribution in [0.5, 0.6) is 0 Å². The molecule has 1 unspecified atom stereocenters. The van der Waals surface area contributed by atoms with Crippen molar-refractivity contribution in [2.24, 2.45) is 11.8 Å². The minimum absolute atomic E-state index is 0.0476. The van der Waals surface area contributed by atoms with E-state index in [4.69, 9.17) is 9.47 Å². The lowest BCUT2D eigenvalue weighted by molar-refractivity contribution is -0.159. The van der Waals surface area contributed by atoms with Gasteiger partial charge in [0.15, 0.2) is 0 Å². The van der Waals surface area contributed by atoms with Crippen LogP contribution in [0.25, 0.3) is 0 Å². The first-order valence-corrected chi connectivity index (χ1v) is 6.75. The highest BCUT2D eigenvalue weighted by atomic mass is 16.5. The van der Waals surface area contributed by atoms with E-state index in [2.05, 4.69) is 5.32 Å². The number of ketones is 1. The van der Waals surface area contributed by atoms with Gasteiger partial charge in [-0.1, -0.05) is 0 Å². The fourth-order valence-electron chi connectivity index (χ4n) is 3.19. The topological polar surface area (TPSA) is 47.6 Å². The number of rotatable bonds is 2. The number of carbonyl (C=O) groups excluding carboxylic acids is 1. The molecule has 0 amide bonds. The second-order valence-electron chi connectivity index (χ2n) is 5.59. The molecule has 0 aromatic heterocycles. The molecule has 0 saturated carbocycles. The Labute approximate surface area is 102 Å². The summed E-state index contributed by atoms with van der Waals surface area (Å²) in [5, 5.41) is 3.18. The maximum Gasteiger partial charge on any atom is 0.141 e. The Morgan fingerprint density at radius 3 is 2.53 bits per heavy atom. The van der Waals surface area contributed by atoms with Crippen molar-refractivity contribution in [3.63, 3.8) is 0 Å². The van der Waals surface area contributed by atoms with E-state index in [9.17, 15) is 4.79 Å². The lowest BCUT2D eigenvalue weighted by Gasteiger charge is -2.44. The lowest BCUT2D eigenvalue weighted by atomic mass is 9.76. The minimum Gasteiger partial charge on any atom is -0.381 e. The van der Waals surface area contributed by atoms with Crippen LogP contribution in [0.3, 0.4) is 0 Å². The molecule has 0 aromatic carbocycles. The van der Waals surface area contributed by atoms with Crippen LogP contribution >= 0.6 is 0 Å². The molecule has 0 bridgehead atoms. The van der Waals surface area contributed by atoms with Crippen LogP contribution in [0.4, 0.5) is 0 Å². The van der Waals surface area contributed by atoms with E-state index >= 15 is 0 Å². The average Bonchev–Trinajstić information content (AvgIpc) is 2.28. The summed E-state index contributed by atoms with van der Waals surface area (Å²) in [6.45, 7) is 4.08. The summed E-state index contributed by atoms with van der Waals surface area (Å²) in [4.78, 5) is 12.3. The molecule has 17 heavy (non-hydrogen) atoms. The highest BCUT2D eigenvalue weighted by Gasteiger charge is 2.43. The van der Waals surface area contributed by atoms with Crippen molar-refractivity contribution in [2.75, 3.05) is 32.9 Å². The van der Waals surface area contributed by atoms with Crippen LogP contribution in [0.2, 0.25) is 0 Å². The highest BCUT2D eigenvalue weighted by Crippen LogP contribution is 2.38. The number of Topliss-reactive ketones (excluding diaryl/α,β-unsaturated/α-hetero) is 1. The summed E-state index contributed by atoms with van der Waals surface area (Å²) in [5.41, 5.74) is -0.0476. The molecule has 0 radical (unpaired) electrons. The molecule has 1 atom stereocenters. The molecule has 3 rings (SSSR count). The number of ether oxygens (including phenoxy) is 2. The van der Waals surface area contributed by atoms with Crippen LogP contribution in [-0.2, 0) is 14.3 Å². The quantitative estimate of drug-likeness (QED) is 0.772. The standard InChI is InChI=1S/C13H21NO3/c15-12(11-8-14-9-11)10-1-4-17-13(7-10)2-5-16-6-3-13/h10-11,14H,1-9H2. The Morgan fingerprint density at radius 2 is 1.88 bits per heavy atom. The molecule has 4 heteroatoms. The van der Waals surface area contributed by atoms with Crippen molar-refractivity contribution in [3.8, 4) is 0 Å². The second-order valence-corrected chi connectivity index (χ2v) is 5.59. The van der Waals surface area contributed by atoms with Crippen LogP contribution in [-0.4, -0.2) is 44.3 Å². The van der Waals surface area contributed by atoms with Gasteiger partial charge in [0, 0.05) is 44.7 Å². The number of carbonyl (C=O) groups is 1. The zero-order chi connectivity index (χ0) is 11.7. The maximum atomic E-state index is 12.3. The fourth-order valence-corrected chi connectivity index (χ4v) is 3.19. The van der Waals surface area contributed by atoms with Crippen molar-refractivity contribution in [2.45, 2.75) is 31.3 Å². The van der Waals surface area contributed by atoms with Gasteiger partial charge >= 0.3 is 0 Å². The van der Waals surface area contributed by atoms with E-state index in [1.165, 1.54) is 0 Å². The van der Waals surface area contributed by atoms with E-state index < -0.39 is 0 Å². The van der Waals surface area contributed by atoms with Gasteiger partial charge in [0.2, 0.25) is 0 Å². The Kier molecular flexibility index (Phi) is 3.19. The first-order valence-electron chi connectivity index (χ1n) is 6.75. The summed E-state index contributed by atoms with van der Waals surface area (Å²) >= 11 is 0. The van der Waals surface area contributed by atoms with Crippen molar-refractivity contribution in [3.05, 3.63) is 0 Å². The zero-order valence-electron chi connectivity index (χ0n) is 10.2. The van der Waals surface area contributed by atoms with E-state index in [1.807, 2.05) is 0 Å². The molecule has 3 aliphatic rings. The van der Waals surface area contributed by atoms with Gasteiger partial charge in [-0.3, -0.25) is 4.79 Å². The molecule has 3 heterocycles. The van der Waals surface area contributed by atoms with E-state index in [0.717, 1.165) is 58.6 Å². The lowest BCUT2D eigenvalue weighted by Crippen LogP contribution is -2.52. The van der Waals surface area contributed by atoms with Crippen LogP contribution in [0.1, 0.15) is 25.7 Å². The Bertz CT molecular complexity index is 290. The van der Waals surface area contributed by atoms with Gasteiger partial charge in [0.1, 0.15) is 5.78 Å². The Morgan fingerprint density at radius 1 is 1.12 bits per heavy atom. The molecule has 3 saturated heterocycles. The predicted molar refractivity (Wildman–Crippen MR) is 62.8 cm³/mol. The molecular formula is C13H21NO3. The van der Waals surface area contributed by atoms with Gasteiger partial charge < -0.3 is 14.8 Å². The largest absolute Gasteiger partial charge is 0.381 e. The van der Waals surface area contributed by atoms with Gasteiger partial charge in [-0.25, -0.2) is 0 Å². The summed E-state index contributed by atoms with van der Waals surface area (Å²) in [6.07, 6.45) is 3.75. The molecule has 0 aromatic rings. The highest BCUT2D eigenvalue weighted by molar-refractivity contribution is 5.84. The molecular weight excluding hydrogens is 218 g/mol. The normalized spacial score (nSPS) is 33.3. The number of hydrogen-bond donors (Lipinski definition) is 1. The van der Waals surface area contributed by atoms with Crippen LogP contribution in [0.15, 0.2) is 0 Å². The minimum atomic E-state index is -0.0476. The van der Waals surface area contributed by atoms with Crippen LogP contribution in [0, 0.1) is 11.8 Å². The fraction of sp³-hybridized carbons (Fsp3) is 0.923. The first-order chi connectivity index (χ1) is 8.29. The van der Waals surface area contributed by atoms with Gasteiger partial charge in [-0.2, -0.15) is 0 Å². The van der Waals surface area contributed by atoms with Gasteiger partial charge in [-0.05, 0) is 25.7 Å². The van der Waals surface area contributed by atoms with Crippen molar-refractivity contribution >= 4 is 5.78 Å². The SMILES string of the molecule is O=C(C1CNC1)C1CCOC2(CCOCC2)C1. The van der Waals surface area contributed by atoms with Crippen molar-refractivity contribution in [1.29, 1.82) is 0 Å². The van der Waals surface area contributed by atoms with E-state index in [0.29, 0.717) is 5.78 Å². The molecule has 3 fully saturated rings. The summed E-state index contributed by atoms with van der Waals surface area (Å²) in [7, 11) is 0. The van der Waals surface area contributed by atoms with Crippen molar-refractivity contribution < 1.29 is 14.3 Å². The average molecular weight is 239 g/mol. The molecule has 1 spiro atoms.